The summed E-state index contributed by atoms with van der Waals surface area (Å²) in [6.07, 6.45) is 4.22. The first-order valence-electron chi connectivity index (χ1n) is 11.3. The van der Waals surface area contributed by atoms with Gasteiger partial charge in [0.2, 0.25) is 11.8 Å². The number of ether oxygens (including phenoxy) is 1. The van der Waals surface area contributed by atoms with Gasteiger partial charge in [0.25, 0.3) is 0 Å². The third-order valence-corrected chi connectivity index (χ3v) is 6.22. The second kappa shape index (κ2) is 10.3. The molecule has 2 aromatic carbocycles. The molecule has 0 unspecified atom stereocenters. The lowest BCUT2D eigenvalue weighted by Crippen LogP contribution is -2.59. The average Bonchev–Trinajstić information content (AvgIpc) is 2.86. The number of nitrogens with zero attached hydrogens (tertiary/aromatic N) is 3. The van der Waals surface area contributed by atoms with Crippen molar-refractivity contribution in [3.05, 3.63) is 84.2 Å². The van der Waals surface area contributed by atoms with E-state index >= 15 is 0 Å². The molecule has 1 aromatic heterocycles. The van der Waals surface area contributed by atoms with Crippen LogP contribution in [0, 0.1) is 0 Å². The minimum Gasteiger partial charge on any atom is -0.496 e. The molecular formula is C27H29N3O3. The molecular weight excluding hydrogens is 414 g/mol. The Morgan fingerprint density at radius 2 is 1.79 bits per heavy atom. The smallest absolute Gasteiger partial charge is 0.245 e. The molecule has 0 radical (unpaired) electrons. The van der Waals surface area contributed by atoms with Gasteiger partial charge in [0.15, 0.2) is 0 Å². The molecule has 3 aromatic rings. The molecule has 1 aliphatic heterocycles. The standard InChI is InChI=1S/C27H29N3O3/c1-3-29-15-16-30(26(31)18-21-10-5-7-13-25(21)33-2)24(27(29)32)17-20-9-4-6-12-23(20)22-11-8-14-28-19-22/h4-14,19,24H,3,15-18H2,1-2H3/t24-/m0/s1. The summed E-state index contributed by atoms with van der Waals surface area (Å²) in [6.45, 7) is 3.68. The van der Waals surface area contributed by atoms with Gasteiger partial charge in [-0.25, -0.2) is 0 Å². The van der Waals surface area contributed by atoms with E-state index in [2.05, 4.69) is 4.98 Å². The summed E-state index contributed by atoms with van der Waals surface area (Å²) in [5.74, 6) is 0.619. The SMILES string of the molecule is CCN1CCN(C(=O)Cc2ccccc2OC)[C@@H](Cc2ccccc2-c2cccnc2)C1=O. The molecule has 1 fully saturated rings. The topological polar surface area (TPSA) is 62.7 Å². The van der Waals surface area contributed by atoms with E-state index in [-0.39, 0.29) is 18.2 Å². The number of aromatic nitrogens is 1. The molecule has 0 aliphatic carbocycles. The van der Waals surface area contributed by atoms with Gasteiger partial charge in [-0.2, -0.15) is 0 Å². The Morgan fingerprint density at radius 1 is 1.03 bits per heavy atom. The minimum atomic E-state index is -0.543. The van der Waals surface area contributed by atoms with E-state index in [1.165, 1.54) is 0 Å². The molecule has 170 valence electrons. The molecule has 33 heavy (non-hydrogen) atoms. The molecule has 1 saturated heterocycles. The summed E-state index contributed by atoms with van der Waals surface area (Å²) >= 11 is 0. The van der Waals surface area contributed by atoms with Gasteiger partial charge in [-0.1, -0.05) is 48.5 Å². The zero-order chi connectivity index (χ0) is 23.2. The maximum atomic E-state index is 13.4. The Labute approximate surface area is 194 Å². The third-order valence-electron chi connectivity index (χ3n) is 6.22. The number of rotatable bonds is 7. The van der Waals surface area contributed by atoms with Crippen molar-refractivity contribution in [3.8, 4) is 16.9 Å². The second-order valence-corrected chi connectivity index (χ2v) is 8.11. The van der Waals surface area contributed by atoms with Crippen LogP contribution in [0.2, 0.25) is 0 Å². The number of pyridine rings is 1. The lowest BCUT2D eigenvalue weighted by Gasteiger charge is -2.40. The highest BCUT2D eigenvalue weighted by Gasteiger charge is 2.37. The number of carbonyl (C=O) groups excluding carboxylic acids is 2. The number of methoxy groups -OCH3 is 1. The van der Waals surface area contributed by atoms with Crippen molar-refractivity contribution in [3.63, 3.8) is 0 Å². The summed E-state index contributed by atoms with van der Waals surface area (Å²) in [5.41, 5.74) is 3.88. The van der Waals surface area contributed by atoms with Crippen molar-refractivity contribution < 1.29 is 14.3 Å². The molecule has 0 spiro atoms. The van der Waals surface area contributed by atoms with Gasteiger partial charge in [0.1, 0.15) is 11.8 Å². The van der Waals surface area contributed by atoms with E-state index < -0.39 is 6.04 Å². The predicted molar refractivity (Wildman–Crippen MR) is 128 cm³/mol. The summed E-state index contributed by atoms with van der Waals surface area (Å²) < 4.78 is 5.42. The average molecular weight is 444 g/mol. The number of para-hydroxylation sites is 1. The zero-order valence-corrected chi connectivity index (χ0v) is 19.1. The minimum absolute atomic E-state index is 0.00174. The molecule has 2 amide bonds. The molecule has 0 N–H and O–H groups in total. The van der Waals surface area contributed by atoms with Crippen molar-refractivity contribution in [2.75, 3.05) is 26.7 Å². The molecule has 6 nitrogen and oxygen atoms in total. The van der Waals surface area contributed by atoms with Crippen LogP contribution in [0.25, 0.3) is 11.1 Å². The van der Waals surface area contributed by atoms with Crippen LogP contribution >= 0.6 is 0 Å². The monoisotopic (exact) mass is 443 g/mol. The lowest BCUT2D eigenvalue weighted by atomic mass is 9.93. The van der Waals surface area contributed by atoms with Crippen molar-refractivity contribution >= 4 is 11.8 Å². The van der Waals surface area contributed by atoms with Gasteiger partial charge in [0.05, 0.1) is 13.5 Å². The van der Waals surface area contributed by atoms with Crippen LogP contribution < -0.4 is 4.74 Å². The molecule has 1 atom stereocenters. The van der Waals surface area contributed by atoms with Crippen LogP contribution in [0.1, 0.15) is 18.1 Å². The van der Waals surface area contributed by atoms with Crippen LogP contribution in [0.4, 0.5) is 0 Å². The molecule has 1 aliphatic rings. The Bertz CT molecular complexity index is 1120. The van der Waals surface area contributed by atoms with Crippen LogP contribution in [0.15, 0.2) is 73.1 Å². The molecule has 0 saturated carbocycles. The summed E-state index contributed by atoms with van der Waals surface area (Å²) in [6, 6.07) is 18.9. The van der Waals surface area contributed by atoms with Gasteiger partial charge in [0, 0.05) is 49.6 Å². The number of likely N-dealkylation sites (N-methyl/N-ethyl adjacent to an activating group) is 1. The summed E-state index contributed by atoms with van der Waals surface area (Å²) in [7, 11) is 1.60. The van der Waals surface area contributed by atoms with E-state index in [0.717, 1.165) is 22.3 Å². The molecule has 6 heteroatoms. The maximum Gasteiger partial charge on any atom is 0.245 e. The van der Waals surface area contributed by atoms with Crippen LogP contribution in [-0.2, 0) is 22.4 Å². The number of hydrogen-bond acceptors (Lipinski definition) is 4. The van der Waals surface area contributed by atoms with Gasteiger partial charge < -0.3 is 14.5 Å². The first kappa shape index (κ1) is 22.5. The van der Waals surface area contributed by atoms with Crippen LogP contribution in [0.3, 0.4) is 0 Å². The number of piperazine rings is 1. The lowest BCUT2D eigenvalue weighted by molar-refractivity contribution is -0.150. The fraction of sp³-hybridized carbons (Fsp3) is 0.296. The summed E-state index contributed by atoms with van der Waals surface area (Å²) in [4.78, 5) is 34.6. The summed E-state index contributed by atoms with van der Waals surface area (Å²) in [5, 5.41) is 0. The van der Waals surface area contributed by atoms with E-state index in [1.807, 2.05) is 78.7 Å². The highest BCUT2D eigenvalue weighted by atomic mass is 16.5. The van der Waals surface area contributed by atoms with Gasteiger partial charge in [-0.15, -0.1) is 0 Å². The Hall–Kier alpha value is -3.67. The number of amides is 2. The first-order valence-corrected chi connectivity index (χ1v) is 11.3. The Kier molecular flexibility index (Phi) is 7.03. The Balaban J connectivity index is 1.64. The van der Waals surface area contributed by atoms with Gasteiger partial charge >= 0.3 is 0 Å². The predicted octanol–water partition coefficient (Wildman–Crippen LogP) is 3.60. The van der Waals surface area contributed by atoms with Crippen molar-refractivity contribution in [2.24, 2.45) is 0 Å². The first-order chi connectivity index (χ1) is 16.1. The highest BCUT2D eigenvalue weighted by Crippen LogP contribution is 2.27. The van der Waals surface area contributed by atoms with Gasteiger partial charge in [-0.05, 0) is 30.2 Å². The fourth-order valence-electron chi connectivity index (χ4n) is 4.47. The van der Waals surface area contributed by atoms with Crippen LogP contribution in [-0.4, -0.2) is 59.4 Å². The third kappa shape index (κ3) is 4.90. The Morgan fingerprint density at radius 3 is 2.52 bits per heavy atom. The second-order valence-electron chi connectivity index (χ2n) is 8.11. The molecule has 4 rings (SSSR count). The van der Waals surface area contributed by atoms with Crippen molar-refractivity contribution in [1.29, 1.82) is 0 Å². The van der Waals surface area contributed by atoms with Gasteiger partial charge in [-0.3, -0.25) is 14.6 Å². The van der Waals surface area contributed by atoms with E-state index in [1.54, 1.807) is 18.2 Å². The fourth-order valence-corrected chi connectivity index (χ4v) is 4.47. The van der Waals surface area contributed by atoms with E-state index in [0.29, 0.717) is 31.8 Å². The quantitative estimate of drug-likeness (QED) is 0.560. The molecule has 0 bridgehead atoms. The van der Waals surface area contributed by atoms with E-state index in [4.69, 9.17) is 4.74 Å². The number of benzene rings is 2. The normalized spacial score (nSPS) is 16.1. The largest absolute Gasteiger partial charge is 0.496 e. The maximum absolute atomic E-state index is 13.4. The van der Waals surface area contributed by atoms with Crippen LogP contribution in [0.5, 0.6) is 5.75 Å². The zero-order valence-electron chi connectivity index (χ0n) is 19.1. The van der Waals surface area contributed by atoms with Crippen molar-refractivity contribution in [1.82, 2.24) is 14.8 Å². The van der Waals surface area contributed by atoms with Crippen molar-refractivity contribution in [2.45, 2.75) is 25.8 Å². The molecule has 2 heterocycles. The highest BCUT2D eigenvalue weighted by molar-refractivity contribution is 5.90. The number of hydrogen-bond donors (Lipinski definition) is 0. The van der Waals surface area contributed by atoms with E-state index in [9.17, 15) is 9.59 Å². The number of carbonyl (C=O) groups is 2.